The van der Waals surface area contributed by atoms with E-state index in [4.69, 9.17) is 0 Å². The Morgan fingerprint density at radius 2 is 2.06 bits per heavy atom. The second-order valence-electron chi connectivity index (χ2n) is 4.21. The van der Waals surface area contributed by atoms with Crippen LogP contribution < -0.4 is 5.32 Å². The number of alkyl halides is 2. The molecule has 1 rings (SSSR count). The molecule has 1 atom stereocenters. The van der Waals surface area contributed by atoms with Crippen LogP contribution in [0.5, 0.6) is 0 Å². The number of amides is 2. The van der Waals surface area contributed by atoms with Gasteiger partial charge in [0, 0.05) is 13.0 Å². The van der Waals surface area contributed by atoms with E-state index in [2.05, 4.69) is 5.32 Å². The molecule has 92 valence electrons. The lowest BCUT2D eigenvalue weighted by Crippen LogP contribution is -2.48. The number of halogens is 2. The third-order valence-corrected chi connectivity index (χ3v) is 2.53. The van der Waals surface area contributed by atoms with Crippen LogP contribution in [0.3, 0.4) is 0 Å². The van der Waals surface area contributed by atoms with Crippen molar-refractivity contribution in [1.82, 2.24) is 10.2 Å². The van der Waals surface area contributed by atoms with Crippen LogP contribution in [-0.2, 0) is 9.59 Å². The Balaban J connectivity index is 2.79. The summed E-state index contributed by atoms with van der Waals surface area (Å²) in [6.45, 7) is 3.01. The second-order valence-corrected chi connectivity index (χ2v) is 4.21. The van der Waals surface area contributed by atoms with Crippen LogP contribution in [0, 0.1) is 5.92 Å². The smallest absolute Gasteiger partial charge is 0.255 e. The normalized spacial score (nSPS) is 22.6. The van der Waals surface area contributed by atoms with Crippen LogP contribution in [0.25, 0.3) is 0 Å². The Morgan fingerprint density at radius 1 is 1.44 bits per heavy atom. The molecule has 1 N–H and O–H groups in total. The maximum absolute atomic E-state index is 12.3. The maximum Gasteiger partial charge on any atom is 0.255 e. The summed E-state index contributed by atoms with van der Waals surface area (Å²) in [7, 11) is 0. The quantitative estimate of drug-likeness (QED) is 0.778. The van der Waals surface area contributed by atoms with E-state index in [-0.39, 0.29) is 24.8 Å². The Bertz CT molecular complexity index is 282. The van der Waals surface area contributed by atoms with E-state index in [1.54, 1.807) is 13.8 Å². The van der Waals surface area contributed by atoms with Crippen molar-refractivity contribution >= 4 is 11.8 Å². The highest BCUT2D eigenvalue weighted by Gasteiger charge is 2.32. The maximum atomic E-state index is 12.3. The molecule has 1 unspecified atom stereocenters. The molecule has 0 spiro atoms. The monoisotopic (exact) mass is 234 g/mol. The van der Waals surface area contributed by atoms with E-state index in [0.717, 1.165) is 4.90 Å². The summed E-state index contributed by atoms with van der Waals surface area (Å²) >= 11 is 0. The predicted octanol–water partition coefficient (Wildman–Crippen LogP) is 0.625. The van der Waals surface area contributed by atoms with Crippen molar-refractivity contribution in [2.24, 2.45) is 5.92 Å². The third kappa shape index (κ3) is 3.15. The van der Waals surface area contributed by atoms with Gasteiger partial charge in [0.15, 0.2) is 0 Å². The van der Waals surface area contributed by atoms with Crippen LogP contribution in [0.2, 0.25) is 0 Å². The van der Waals surface area contributed by atoms with E-state index in [0.29, 0.717) is 0 Å². The predicted molar refractivity (Wildman–Crippen MR) is 54.0 cm³/mol. The molecule has 0 bridgehead atoms. The van der Waals surface area contributed by atoms with E-state index in [1.165, 1.54) is 0 Å². The summed E-state index contributed by atoms with van der Waals surface area (Å²) in [6, 6.07) is -0.686. The van der Waals surface area contributed by atoms with Crippen molar-refractivity contribution in [3.63, 3.8) is 0 Å². The number of rotatable bonds is 3. The van der Waals surface area contributed by atoms with Gasteiger partial charge < -0.3 is 10.2 Å². The third-order valence-electron chi connectivity index (χ3n) is 2.53. The van der Waals surface area contributed by atoms with Gasteiger partial charge in [-0.15, -0.1) is 0 Å². The molecule has 0 aromatic rings. The zero-order valence-corrected chi connectivity index (χ0v) is 9.37. The minimum Gasteiger partial charge on any atom is -0.344 e. The first-order chi connectivity index (χ1) is 7.41. The number of carbonyl (C=O) groups is 2. The fourth-order valence-electron chi connectivity index (χ4n) is 1.65. The summed E-state index contributed by atoms with van der Waals surface area (Å²) in [4.78, 5) is 24.2. The van der Waals surface area contributed by atoms with Gasteiger partial charge in [-0.05, 0) is 5.92 Å². The van der Waals surface area contributed by atoms with Crippen LogP contribution in [0.4, 0.5) is 8.78 Å². The average molecular weight is 234 g/mol. The molecule has 16 heavy (non-hydrogen) atoms. The molecule has 1 aliphatic heterocycles. The molecule has 0 aliphatic carbocycles. The zero-order valence-electron chi connectivity index (χ0n) is 9.37. The van der Waals surface area contributed by atoms with Gasteiger partial charge in [-0.1, -0.05) is 13.8 Å². The Kier molecular flexibility index (Phi) is 4.20. The molecule has 1 fully saturated rings. The van der Waals surface area contributed by atoms with Crippen molar-refractivity contribution in [3.05, 3.63) is 0 Å². The highest BCUT2D eigenvalue weighted by Crippen LogP contribution is 2.12. The molecule has 0 saturated carbocycles. The van der Waals surface area contributed by atoms with Crippen LogP contribution >= 0.6 is 0 Å². The number of hydrogen-bond acceptors (Lipinski definition) is 2. The molecule has 6 heteroatoms. The van der Waals surface area contributed by atoms with Gasteiger partial charge in [0.1, 0.15) is 6.04 Å². The molecule has 1 aliphatic rings. The molecule has 2 amide bonds. The van der Waals surface area contributed by atoms with E-state index in [9.17, 15) is 18.4 Å². The lowest BCUT2D eigenvalue weighted by atomic mass is 10.0. The molecule has 1 heterocycles. The molecule has 1 saturated heterocycles. The summed E-state index contributed by atoms with van der Waals surface area (Å²) in [6.07, 6.45) is -2.48. The van der Waals surface area contributed by atoms with Crippen molar-refractivity contribution in [2.75, 3.05) is 13.1 Å². The van der Waals surface area contributed by atoms with Crippen molar-refractivity contribution in [3.8, 4) is 0 Å². The summed E-state index contributed by atoms with van der Waals surface area (Å²) in [5, 5.41) is 2.56. The SMILES string of the molecule is CC(C)C1NC(=O)CCN(CC(F)F)C1=O. The Hall–Kier alpha value is -1.20. The number of nitrogens with zero attached hydrogens (tertiary/aromatic N) is 1. The zero-order chi connectivity index (χ0) is 12.3. The highest BCUT2D eigenvalue weighted by molar-refractivity contribution is 5.90. The standard InChI is InChI=1S/C10H16F2N2O2/c1-6(2)9-10(16)14(5-7(11)12)4-3-8(15)13-9/h6-7,9H,3-5H2,1-2H3,(H,13,15). The fourth-order valence-corrected chi connectivity index (χ4v) is 1.65. The van der Waals surface area contributed by atoms with E-state index < -0.39 is 24.9 Å². The molecule has 0 radical (unpaired) electrons. The lowest BCUT2D eigenvalue weighted by Gasteiger charge is -2.25. The van der Waals surface area contributed by atoms with Crippen molar-refractivity contribution in [2.45, 2.75) is 32.7 Å². The van der Waals surface area contributed by atoms with Crippen LogP contribution in [-0.4, -0.2) is 42.3 Å². The molecule has 0 aromatic carbocycles. The Labute approximate surface area is 93.0 Å². The molecule has 0 aromatic heterocycles. The van der Waals surface area contributed by atoms with Gasteiger partial charge in [-0.2, -0.15) is 0 Å². The van der Waals surface area contributed by atoms with Gasteiger partial charge >= 0.3 is 0 Å². The molecule has 4 nitrogen and oxygen atoms in total. The number of carbonyl (C=O) groups excluding carboxylic acids is 2. The number of nitrogens with one attached hydrogen (secondary N) is 1. The van der Waals surface area contributed by atoms with Gasteiger partial charge in [0.2, 0.25) is 11.8 Å². The first-order valence-electron chi connectivity index (χ1n) is 5.28. The number of hydrogen-bond donors (Lipinski definition) is 1. The van der Waals surface area contributed by atoms with Gasteiger partial charge in [-0.25, -0.2) is 8.78 Å². The summed E-state index contributed by atoms with van der Waals surface area (Å²) in [5.41, 5.74) is 0. The fraction of sp³-hybridized carbons (Fsp3) is 0.800. The average Bonchev–Trinajstić information content (AvgIpc) is 2.30. The second kappa shape index (κ2) is 5.23. The topological polar surface area (TPSA) is 49.4 Å². The van der Waals surface area contributed by atoms with Gasteiger partial charge in [-0.3, -0.25) is 9.59 Å². The highest BCUT2D eigenvalue weighted by atomic mass is 19.3. The summed E-state index contributed by atoms with van der Waals surface area (Å²) in [5.74, 6) is -0.778. The van der Waals surface area contributed by atoms with Gasteiger partial charge in [0.05, 0.1) is 6.54 Å². The van der Waals surface area contributed by atoms with Crippen molar-refractivity contribution < 1.29 is 18.4 Å². The molecular weight excluding hydrogens is 218 g/mol. The van der Waals surface area contributed by atoms with Gasteiger partial charge in [0.25, 0.3) is 6.43 Å². The lowest BCUT2D eigenvalue weighted by molar-refractivity contribution is -0.136. The van der Waals surface area contributed by atoms with E-state index >= 15 is 0 Å². The first kappa shape index (κ1) is 12.9. The minimum atomic E-state index is -2.56. The minimum absolute atomic E-state index is 0.0677. The Morgan fingerprint density at radius 3 is 2.56 bits per heavy atom. The molecular formula is C10H16F2N2O2. The van der Waals surface area contributed by atoms with E-state index in [1.807, 2.05) is 0 Å². The summed E-state index contributed by atoms with van der Waals surface area (Å²) < 4.78 is 24.5. The van der Waals surface area contributed by atoms with Crippen LogP contribution in [0.15, 0.2) is 0 Å². The largest absolute Gasteiger partial charge is 0.344 e. The van der Waals surface area contributed by atoms with Crippen molar-refractivity contribution in [1.29, 1.82) is 0 Å². The first-order valence-corrected chi connectivity index (χ1v) is 5.28. The van der Waals surface area contributed by atoms with Crippen LogP contribution in [0.1, 0.15) is 20.3 Å².